The van der Waals surface area contributed by atoms with Crippen LogP contribution in [0.1, 0.15) is 32.3 Å². The average molecular weight is 383 g/mol. The molecule has 0 saturated carbocycles. The zero-order chi connectivity index (χ0) is 20.3. The van der Waals surface area contributed by atoms with Crippen molar-refractivity contribution >= 4 is 18.0 Å². The largest absolute Gasteiger partial charge is 0.494 e. The van der Waals surface area contributed by atoms with Gasteiger partial charge in [-0.1, -0.05) is 6.08 Å². The van der Waals surface area contributed by atoms with Crippen LogP contribution in [0.4, 0.5) is 13.2 Å². The minimum Gasteiger partial charge on any atom is -0.494 e. The summed E-state index contributed by atoms with van der Waals surface area (Å²) in [4.78, 5) is 19.6. The van der Waals surface area contributed by atoms with Gasteiger partial charge in [0.15, 0.2) is 0 Å². The number of carbonyl (C=O) groups is 1. The lowest BCUT2D eigenvalue weighted by atomic mass is 10.2. The molecule has 0 heterocycles. The second-order valence-electron chi connectivity index (χ2n) is 5.65. The van der Waals surface area contributed by atoms with Gasteiger partial charge in [-0.25, -0.2) is 0 Å². The molecule has 1 aromatic rings. The van der Waals surface area contributed by atoms with Gasteiger partial charge in [-0.05, 0) is 56.5 Å². The van der Waals surface area contributed by atoms with Gasteiger partial charge in [-0.3, -0.25) is 9.79 Å². The Labute approximate surface area is 157 Å². The van der Waals surface area contributed by atoms with E-state index in [0.29, 0.717) is 26.0 Å². The van der Waals surface area contributed by atoms with Gasteiger partial charge >= 0.3 is 12.1 Å². The van der Waals surface area contributed by atoms with Crippen LogP contribution in [0, 0.1) is 0 Å². The molecule has 1 rings (SSSR count). The van der Waals surface area contributed by atoms with Gasteiger partial charge < -0.3 is 9.64 Å². The Hall–Kier alpha value is -2.64. The van der Waals surface area contributed by atoms with E-state index >= 15 is 0 Å². The predicted octanol–water partition coefficient (Wildman–Crippen LogP) is 4.24. The smallest absolute Gasteiger partial charge is 0.473 e. The number of amidine groups is 1. The van der Waals surface area contributed by atoms with Gasteiger partial charge in [-0.15, -0.1) is 0 Å². The molecule has 0 aliphatic carbocycles. The van der Waals surface area contributed by atoms with E-state index in [2.05, 4.69) is 9.98 Å². The molecule has 148 valence electrons. The average Bonchev–Trinajstić information content (AvgIpc) is 2.61. The molecule has 0 radical (unpaired) electrons. The first-order valence-corrected chi connectivity index (χ1v) is 8.49. The lowest BCUT2D eigenvalue weighted by molar-refractivity contribution is -0.169. The van der Waals surface area contributed by atoms with Crippen LogP contribution in [0.3, 0.4) is 0 Å². The molecule has 27 heavy (non-hydrogen) atoms. The highest BCUT2D eigenvalue weighted by molar-refractivity contribution is 5.96. The number of aliphatic imine (C=N–C) groups is 2. The molecule has 0 aromatic heterocycles. The number of hydrogen-bond acceptors (Lipinski definition) is 3. The molecule has 0 fully saturated rings. The maximum Gasteiger partial charge on any atom is 0.473 e. The first-order chi connectivity index (χ1) is 12.8. The van der Waals surface area contributed by atoms with Gasteiger partial charge in [-0.2, -0.15) is 18.2 Å². The number of ether oxygens (including phenoxy) is 1. The molecule has 0 unspecified atom stereocenters. The molecule has 0 spiro atoms. The summed E-state index contributed by atoms with van der Waals surface area (Å²) in [7, 11) is 1.70. The molecule has 1 amide bonds. The number of hydrogen-bond donors (Lipinski definition) is 0. The minimum atomic E-state index is -4.96. The SMILES string of the molecule is C/C=C\N(CCCCOc1ccc(/C=N/C)cc1)/C(C)=N\C(=O)C(F)(F)F. The van der Waals surface area contributed by atoms with Crippen molar-refractivity contribution in [3.05, 3.63) is 42.1 Å². The molecule has 0 aliphatic rings. The molecule has 1 aromatic carbocycles. The summed E-state index contributed by atoms with van der Waals surface area (Å²) in [6.07, 6.45) is 1.42. The number of allylic oxidation sites excluding steroid dienone is 1. The summed E-state index contributed by atoms with van der Waals surface area (Å²) in [5.74, 6) is -1.36. The van der Waals surface area contributed by atoms with Crippen LogP contribution in [-0.2, 0) is 4.79 Å². The summed E-state index contributed by atoms with van der Waals surface area (Å²) in [6, 6.07) is 7.49. The standard InChI is InChI=1S/C19H24F3N3O2/c1-4-11-25(15(2)24-18(26)19(20,21)22)12-5-6-13-27-17-9-7-16(8-10-17)14-23-3/h4,7-11,14H,5-6,12-13H2,1-3H3/b11-4-,23-14+,24-15-. The van der Waals surface area contributed by atoms with Gasteiger partial charge in [0.1, 0.15) is 11.6 Å². The van der Waals surface area contributed by atoms with E-state index in [-0.39, 0.29) is 5.84 Å². The van der Waals surface area contributed by atoms with Crippen molar-refractivity contribution in [2.75, 3.05) is 20.2 Å². The summed E-state index contributed by atoms with van der Waals surface area (Å²) in [6.45, 7) is 4.02. The number of nitrogens with zero attached hydrogens (tertiary/aromatic N) is 3. The highest BCUT2D eigenvalue weighted by atomic mass is 19.4. The van der Waals surface area contributed by atoms with Crippen molar-refractivity contribution < 1.29 is 22.7 Å². The van der Waals surface area contributed by atoms with E-state index < -0.39 is 12.1 Å². The van der Waals surface area contributed by atoms with Crippen LogP contribution < -0.4 is 4.74 Å². The second kappa shape index (κ2) is 11.2. The molecule has 0 saturated heterocycles. The summed E-state index contributed by atoms with van der Waals surface area (Å²) in [5, 5.41) is 0. The maximum absolute atomic E-state index is 12.3. The molecule has 0 atom stereocenters. The second-order valence-corrected chi connectivity index (χ2v) is 5.65. The molecule has 0 aliphatic heterocycles. The Morgan fingerprint density at radius 1 is 1.22 bits per heavy atom. The molecule has 0 N–H and O–H groups in total. The number of carbonyl (C=O) groups excluding carboxylic acids is 1. The van der Waals surface area contributed by atoms with E-state index in [0.717, 1.165) is 11.3 Å². The van der Waals surface area contributed by atoms with Crippen molar-refractivity contribution in [1.82, 2.24) is 4.90 Å². The summed E-state index contributed by atoms with van der Waals surface area (Å²) >= 11 is 0. The minimum absolute atomic E-state index is 0.00419. The zero-order valence-electron chi connectivity index (χ0n) is 15.7. The lowest BCUT2D eigenvalue weighted by Gasteiger charge is -2.19. The Kier molecular flexibility index (Phi) is 9.25. The summed E-state index contributed by atoms with van der Waals surface area (Å²) in [5.41, 5.74) is 0.981. The van der Waals surface area contributed by atoms with Gasteiger partial charge in [0.05, 0.1) is 6.61 Å². The fourth-order valence-corrected chi connectivity index (χ4v) is 2.17. The van der Waals surface area contributed by atoms with Crippen LogP contribution in [0.15, 0.2) is 46.5 Å². The molecular weight excluding hydrogens is 359 g/mol. The van der Waals surface area contributed by atoms with Crippen LogP contribution in [-0.4, -0.2) is 49.2 Å². The van der Waals surface area contributed by atoms with E-state index in [1.807, 2.05) is 24.3 Å². The van der Waals surface area contributed by atoms with Crippen molar-refractivity contribution in [1.29, 1.82) is 0 Å². The Morgan fingerprint density at radius 3 is 2.44 bits per heavy atom. The predicted molar refractivity (Wildman–Crippen MR) is 100 cm³/mol. The van der Waals surface area contributed by atoms with Crippen LogP contribution in [0.5, 0.6) is 5.75 Å². The number of benzene rings is 1. The lowest BCUT2D eigenvalue weighted by Crippen LogP contribution is -2.29. The number of halogens is 3. The zero-order valence-corrected chi connectivity index (χ0v) is 15.7. The third-order valence-electron chi connectivity index (χ3n) is 3.47. The first kappa shape index (κ1) is 22.4. The molecular formula is C19H24F3N3O2. The monoisotopic (exact) mass is 383 g/mol. The fourth-order valence-electron chi connectivity index (χ4n) is 2.17. The third-order valence-corrected chi connectivity index (χ3v) is 3.47. The van der Waals surface area contributed by atoms with E-state index in [1.165, 1.54) is 11.8 Å². The third kappa shape index (κ3) is 8.52. The maximum atomic E-state index is 12.3. The molecule has 0 bridgehead atoms. The van der Waals surface area contributed by atoms with Crippen molar-refractivity contribution in [3.63, 3.8) is 0 Å². The Morgan fingerprint density at radius 2 is 1.89 bits per heavy atom. The van der Waals surface area contributed by atoms with Crippen molar-refractivity contribution in [2.24, 2.45) is 9.98 Å². The molecule has 8 heteroatoms. The Balaban J connectivity index is 2.46. The van der Waals surface area contributed by atoms with Gasteiger partial charge in [0.2, 0.25) is 0 Å². The highest BCUT2D eigenvalue weighted by Gasteiger charge is 2.38. The Bertz CT molecular complexity index is 680. The van der Waals surface area contributed by atoms with Gasteiger partial charge in [0.25, 0.3) is 0 Å². The fraction of sp³-hybridized carbons (Fsp3) is 0.421. The van der Waals surface area contributed by atoms with Crippen LogP contribution in [0.2, 0.25) is 0 Å². The topological polar surface area (TPSA) is 54.3 Å². The normalized spacial score (nSPS) is 12.7. The quantitative estimate of drug-likeness (QED) is 0.383. The number of alkyl halides is 3. The highest BCUT2D eigenvalue weighted by Crippen LogP contribution is 2.17. The van der Waals surface area contributed by atoms with Crippen molar-refractivity contribution in [2.45, 2.75) is 32.9 Å². The first-order valence-electron chi connectivity index (χ1n) is 8.49. The van der Waals surface area contributed by atoms with Crippen LogP contribution in [0.25, 0.3) is 0 Å². The number of rotatable bonds is 8. The number of amides is 1. The van der Waals surface area contributed by atoms with Crippen molar-refractivity contribution in [3.8, 4) is 5.75 Å². The van der Waals surface area contributed by atoms with E-state index in [1.54, 1.807) is 32.5 Å². The number of unbranched alkanes of at least 4 members (excludes halogenated alkanes) is 1. The van der Waals surface area contributed by atoms with Gasteiger partial charge in [0, 0.05) is 26.0 Å². The van der Waals surface area contributed by atoms with E-state index in [4.69, 9.17) is 4.74 Å². The molecule has 5 nitrogen and oxygen atoms in total. The summed E-state index contributed by atoms with van der Waals surface area (Å²) < 4.78 is 42.6. The van der Waals surface area contributed by atoms with Crippen LogP contribution >= 0.6 is 0 Å². The van der Waals surface area contributed by atoms with E-state index in [9.17, 15) is 18.0 Å².